The zero-order valence-corrected chi connectivity index (χ0v) is 14.8. The van der Waals surface area contributed by atoms with Crippen LogP contribution >= 0.6 is 11.8 Å². The van der Waals surface area contributed by atoms with Gasteiger partial charge in [-0.15, -0.1) is 0 Å². The lowest BCUT2D eigenvalue weighted by molar-refractivity contribution is -0.117. The molecule has 1 unspecified atom stereocenters. The van der Waals surface area contributed by atoms with Crippen molar-refractivity contribution in [3.63, 3.8) is 0 Å². The van der Waals surface area contributed by atoms with Crippen molar-refractivity contribution in [1.29, 1.82) is 0 Å². The van der Waals surface area contributed by atoms with Gasteiger partial charge in [0.15, 0.2) is 0 Å². The Hall–Kier alpha value is -1.89. The number of nitrogens with zero attached hydrogens (tertiary/aromatic N) is 1. The van der Waals surface area contributed by atoms with E-state index < -0.39 is 12.1 Å². The molecule has 0 saturated heterocycles. The zero-order valence-electron chi connectivity index (χ0n) is 14.0. The van der Waals surface area contributed by atoms with Crippen LogP contribution in [0.5, 0.6) is 0 Å². The van der Waals surface area contributed by atoms with Gasteiger partial charge in [-0.05, 0) is 56.5 Å². The van der Waals surface area contributed by atoms with Crippen LogP contribution in [0, 0.1) is 0 Å². The molecular weight excluding hydrogens is 312 g/mol. The van der Waals surface area contributed by atoms with Gasteiger partial charge in [0.25, 0.3) is 0 Å². The van der Waals surface area contributed by atoms with Crippen molar-refractivity contribution in [2.75, 3.05) is 35.3 Å². The highest BCUT2D eigenvalue weighted by atomic mass is 32.2. The molecule has 6 nitrogen and oxygen atoms in total. The number of urea groups is 1. The van der Waals surface area contributed by atoms with Crippen LogP contribution < -0.4 is 21.3 Å². The number of hydrogen-bond acceptors (Lipinski definition) is 4. The lowest BCUT2D eigenvalue weighted by atomic mass is 10.2. The van der Waals surface area contributed by atoms with E-state index in [0.29, 0.717) is 12.1 Å². The fraction of sp³-hybridized carbons (Fsp3) is 0.500. The summed E-state index contributed by atoms with van der Waals surface area (Å²) in [6.07, 6.45) is 2.48. The molecule has 0 saturated carbocycles. The van der Waals surface area contributed by atoms with E-state index in [2.05, 4.69) is 29.4 Å². The predicted molar refractivity (Wildman–Crippen MR) is 98.1 cm³/mol. The number of nitrogens with one attached hydrogen (secondary N) is 2. The quantitative estimate of drug-likeness (QED) is 0.644. The van der Waals surface area contributed by atoms with Crippen LogP contribution in [0.2, 0.25) is 0 Å². The van der Waals surface area contributed by atoms with Crippen LogP contribution in [-0.4, -0.2) is 43.1 Å². The highest BCUT2D eigenvalue weighted by molar-refractivity contribution is 7.98. The molecule has 1 rings (SSSR count). The Morgan fingerprint density at radius 2 is 1.83 bits per heavy atom. The van der Waals surface area contributed by atoms with E-state index in [1.165, 1.54) is 0 Å². The summed E-state index contributed by atoms with van der Waals surface area (Å²) in [5.74, 6) is 0.507. The normalized spacial score (nSPS) is 11.6. The third kappa shape index (κ3) is 6.40. The van der Waals surface area contributed by atoms with Gasteiger partial charge in [0.2, 0.25) is 5.91 Å². The van der Waals surface area contributed by atoms with Crippen LogP contribution in [0.1, 0.15) is 20.3 Å². The van der Waals surface area contributed by atoms with Crippen LogP contribution in [0.3, 0.4) is 0 Å². The predicted octanol–water partition coefficient (Wildman–Crippen LogP) is 2.26. The van der Waals surface area contributed by atoms with Crippen molar-refractivity contribution >= 4 is 35.1 Å². The summed E-state index contributed by atoms with van der Waals surface area (Å²) >= 11 is 1.61. The third-order valence-electron chi connectivity index (χ3n) is 3.51. The lowest BCUT2D eigenvalue weighted by Gasteiger charge is -2.21. The largest absolute Gasteiger partial charge is 0.372 e. The van der Waals surface area contributed by atoms with Gasteiger partial charge in [-0.3, -0.25) is 4.79 Å². The Bertz CT molecular complexity index is 503. The number of carbonyl (C=O) groups is 2. The molecule has 7 heteroatoms. The molecule has 23 heavy (non-hydrogen) atoms. The summed E-state index contributed by atoms with van der Waals surface area (Å²) in [6.45, 7) is 6.07. The minimum Gasteiger partial charge on any atom is -0.372 e. The molecule has 3 amide bonds. The topological polar surface area (TPSA) is 87.5 Å². The second-order valence-corrected chi connectivity index (χ2v) is 6.04. The van der Waals surface area contributed by atoms with Crippen molar-refractivity contribution in [2.24, 2.45) is 5.73 Å². The molecule has 0 radical (unpaired) electrons. The first kappa shape index (κ1) is 19.2. The van der Waals surface area contributed by atoms with Gasteiger partial charge < -0.3 is 21.3 Å². The van der Waals surface area contributed by atoms with Gasteiger partial charge in [-0.1, -0.05) is 0 Å². The fourth-order valence-electron chi connectivity index (χ4n) is 2.25. The number of carbonyl (C=O) groups excluding carboxylic acids is 2. The molecule has 1 aromatic carbocycles. The molecule has 0 heterocycles. The second-order valence-electron chi connectivity index (χ2n) is 5.05. The molecule has 0 aliphatic carbocycles. The number of amides is 3. The lowest BCUT2D eigenvalue weighted by Crippen LogP contribution is -2.46. The van der Waals surface area contributed by atoms with Gasteiger partial charge in [-0.2, -0.15) is 11.8 Å². The second kappa shape index (κ2) is 9.99. The Kier molecular flexibility index (Phi) is 8.32. The summed E-state index contributed by atoms with van der Waals surface area (Å²) < 4.78 is 0. The maximum absolute atomic E-state index is 12.3. The van der Waals surface area contributed by atoms with Gasteiger partial charge in [-0.25, -0.2) is 4.79 Å². The van der Waals surface area contributed by atoms with Crippen molar-refractivity contribution in [3.05, 3.63) is 24.3 Å². The third-order valence-corrected chi connectivity index (χ3v) is 4.15. The number of rotatable bonds is 9. The molecule has 0 aliphatic rings. The number of thioether (sulfide) groups is 1. The van der Waals surface area contributed by atoms with E-state index in [1.807, 2.05) is 30.5 Å². The Labute approximate surface area is 142 Å². The fourth-order valence-corrected chi connectivity index (χ4v) is 2.72. The maximum atomic E-state index is 12.3. The summed E-state index contributed by atoms with van der Waals surface area (Å²) in [4.78, 5) is 25.5. The smallest absolute Gasteiger partial charge is 0.312 e. The van der Waals surface area contributed by atoms with Crippen LogP contribution in [0.4, 0.5) is 16.2 Å². The number of anilines is 2. The summed E-state index contributed by atoms with van der Waals surface area (Å²) in [5, 5.41) is 5.31. The Balaban J connectivity index is 2.71. The number of benzene rings is 1. The molecule has 4 N–H and O–H groups in total. The average Bonchev–Trinajstić information content (AvgIpc) is 2.53. The first-order valence-corrected chi connectivity index (χ1v) is 9.11. The van der Waals surface area contributed by atoms with E-state index in [-0.39, 0.29) is 5.91 Å². The van der Waals surface area contributed by atoms with Crippen molar-refractivity contribution in [3.8, 4) is 0 Å². The molecule has 1 aromatic rings. The molecule has 128 valence electrons. The van der Waals surface area contributed by atoms with Crippen molar-refractivity contribution in [1.82, 2.24) is 5.32 Å². The molecule has 0 bridgehead atoms. The van der Waals surface area contributed by atoms with E-state index in [1.54, 1.807) is 11.8 Å². The zero-order chi connectivity index (χ0) is 17.2. The van der Waals surface area contributed by atoms with Crippen LogP contribution in [0.25, 0.3) is 0 Å². The molecule has 0 aromatic heterocycles. The van der Waals surface area contributed by atoms with E-state index in [4.69, 9.17) is 5.73 Å². The van der Waals surface area contributed by atoms with Gasteiger partial charge >= 0.3 is 6.03 Å². The standard InChI is InChI=1S/C16H26N4O2S/c1-4-20(5-2)13-8-6-12(7-9-13)18-15(21)14(10-11-23-3)19-16(17)22/h6-9,14H,4-5,10-11H2,1-3H3,(H,18,21)(H3,17,19,22). The summed E-state index contributed by atoms with van der Waals surface area (Å²) in [5.41, 5.74) is 6.95. The van der Waals surface area contributed by atoms with E-state index in [9.17, 15) is 9.59 Å². The molecule has 0 aliphatic heterocycles. The Morgan fingerprint density at radius 1 is 1.22 bits per heavy atom. The van der Waals surface area contributed by atoms with Crippen molar-refractivity contribution < 1.29 is 9.59 Å². The first-order chi connectivity index (χ1) is 11.0. The minimum atomic E-state index is -0.692. The first-order valence-electron chi connectivity index (χ1n) is 7.72. The molecular formula is C16H26N4O2S. The highest BCUT2D eigenvalue weighted by Gasteiger charge is 2.19. The Morgan fingerprint density at radius 3 is 2.30 bits per heavy atom. The molecule has 1 atom stereocenters. The SMILES string of the molecule is CCN(CC)c1ccc(NC(=O)C(CCSC)NC(N)=O)cc1. The number of nitrogens with two attached hydrogens (primary N) is 1. The monoisotopic (exact) mass is 338 g/mol. The van der Waals surface area contributed by atoms with E-state index >= 15 is 0 Å². The molecule has 0 fully saturated rings. The number of primary amides is 1. The van der Waals surface area contributed by atoms with Gasteiger partial charge in [0.1, 0.15) is 6.04 Å². The summed E-state index contributed by atoms with van der Waals surface area (Å²) in [6, 6.07) is 6.36. The summed E-state index contributed by atoms with van der Waals surface area (Å²) in [7, 11) is 0. The number of hydrogen-bond donors (Lipinski definition) is 3. The highest BCUT2D eigenvalue weighted by Crippen LogP contribution is 2.18. The maximum Gasteiger partial charge on any atom is 0.312 e. The minimum absolute atomic E-state index is 0.256. The molecule has 0 spiro atoms. The van der Waals surface area contributed by atoms with E-state index in [0.717, 1.165) is 24.5 Å². The van der Waals surface area contributed by atoms with Crippen LogP contribution in [0.15, 0.2) is 24.3 Å². The van der Waals surface area contributed by atoms with Crippen LogP contribution in [-0.2, 0) is 4.79 Å². The average molecular weight is 338 g/mol. The van der Waals surface area contributed by atoms with Crippen molar-refractivity contribution in [2.45, 2.75) is 26.3 Å². The van der Waals surface area contributed by atoms with Gasteiger partial charge in [0, 0.05) is 24.5 Å². The van der Waals surface area contributed by atoms with Gasteiger partial charge in [0.05, 0.1) is 0 Å².